The van der Waals surface area contributed by atoms with Crippen molar-refractivity contribution in [1.82, 2.24) is 4.90 Å². The molecule has 1 aliphatic heterocycles. The molecule has 0 aliphatic carbocycles. The van der Waals surface area contributed by atoms with Crippen LogP contribution >= 0.6 is 12.4 Å². The monoisotopic (exact) mass is 327 g/mol. The Hall–Kier alpha value is -1.63. The molecule has 1 fully saturated rings. The van der Waals surface area contributed by atoms with Gasteiger partial charge in [-0.25, -0.2) is 0 Å². The van der Waals surface area contributed by atoms with Gasteiger partial charge in [-0.1, -0.05) is 37.3 Å². The number of nitrogens with zero attached hydrogens (tertiary/aromatic N) is 1. The van der Waals surface area contributed by atoms with E-state index >= 15 is 0 Å². The second kappa shape index (κ2) is 8.12. The number of rotatable bonds is 4. The summed E-state index contributed by atoms with van der Waals surface area (Å²) in [5.41, 5.74) is 12.3. The zero-order chi connectivity index (χ0) is 15.4. The van der Waals surface area contributed by atoms with E-state index in [-0.39, 0.29) is 36.8 Å². The number of hydrogen-bond acceptors (Lipinski definition) is 4. The fraction of sp³-hybridized carbons (Fsp3) is 0.467. The first-order valence-electron chi connectivity index (χ1n) is 7.01. The SMILES string of the molecule is CC(C(=O)N1CCOC(C(N)=O)C1)C(N)c1ccccc1.Cl. The fourth-order valence-electron chi connectivity index (χ4n) is 2.43. The summed E-state index contributed by atoms with van der Waals surface area (Å²) in [6, 6.07) is 9.12. The summed E-state index contributed by atoms with van der Waals surface area (Å²) >= 11 is 0. The van der Waals surface area contributed by atoms with Crippen LogP contribution in [-0.2, 0) is 14.3 Å². The van der Waals surface area contributed by atoms with Crippen molar-refractivity contribution in [3.8, 4) is 0 Å². The number of carbonyl (C=O) groups excluding carboxylic acids is 2. The van der Waals surface area contributed by atoms with Gasteiger partial charge in [0, 0.05) is 12.6 Å². The maximum absolute atomic E-state index is 12.5. The third-order valence-corrected chi connectivity index (χ3v) is 3.81. The number of hydrogen-bond donors (Lipinski definition) is 2. The predicted octanol–water partition coefficient (Wildman–Crippen LogP) is 0.457. The van der Waals surface area contributed by atoms with Gasteiger partial charge in [0.05, 0.1) is 19.1 Å². The van der Waals surface area contributed by atoms with Crippen LogP contribution < -0.4 is 11.5 Å². The minimum atomic E-state index is -0.733. The van der Waals surface area contributed by atoms with Crippen LogP contribution in [0.1, 0.15) is 18.5 Å². The van der Waals surface area contributed by atoms with Crippen molar-refractivity contribution >= 4 is 24.2 Å². The van der Waals surface area contributed by atoms with E-state index in [0.29, 0.717) is 13.2 Å². The van der Waals surface area contributed by atoms with Gasteiger partial charge in [-0.3, -0.25) is 9.59 Å². The van der Waals surface area contributed by atoms with E-state index in [1.807, 2.05) is 30.3 Å². The lowest BCUT2D eigenvalue weighted by Crippen LogP contribution is -2.52. The summed E-state index contributed by atoms with van der Waals surface area (Å²) in [6.45, 7) is 2.76. The average Bonchev–Trinajstić information content (AvgIpc) is 2.53. The number of ether oxygens (including phenoxy) is 1. The molecule has 2 rings (SSSR count). The Balaban J connectivity index is 0.00000242. The van der Waals surface area contributed by atoms with E-state index in [1.54, 1.807) is 11.8 Å². The molecular weight excluding hydrogens is 306 g/mol. The summed E-state index contributed by atoms with van der Waals surface area (Å²) in [5, 5.41) is 0. The molecule has 1 saturated heterocycles. The van der Waals surface area contributed by atoms with Crippen LogP contribution in [0, 0.1) is 5.92 Å². The molecule has 0 aromatic heterocycles. The van der Waals surface area contributed by atoms with Crippen LogP contribution in [0.2, 0.25) is 0 Å². The smallest absolute Gasteiger partial charge is 0.248 e. The molecule has 1 aliphatic rings. The fourth-order valence-corrected chi connectivity index (χ4v) is 2.43. The van der Waals surface area contributed by atoms with Gasteiger partial charge in [0.15, 0.2) is 6.10 Å². The van der Waals surface area contributed by atoms with E-state index in [9.17, 15) is 9.59 Å². The Morgan fingerprint density at radius 1 is 1.32 bits per heavy atom. The molecule has 2 amide bonds. The molecular formula is C15H22ClN3O3. The normalized spacial score (nSPS) is 20.6. The molecule has 3 atom stereocenters. The van der Waals surface area contributed by atoms with Crippen molar-refractivity contribution < 1.29 is 14.3 Å². The second-order valence-electron chi connectivity index (χ2n) is 5.27. The van der Waals surface area contributed by atoms with Gasteiger partial charge in [0.25, 0.3) is 0 Å². The van der Waals surface area contributed by atoms with Crippen LogP contribution in [0.15, 0.2) is 30.3 Å². The molecule has 0 bridgehead atoms. The number of primary amides is 1. The summed E-state index contributed by atoms with van der Waals surface area (Å²) in [5.74, 6) is -1.01. The lowest BCUT2D eigenvalue weighted by molar-refractivity contribution is -0.148. The highest BCUT2D eigenvalue weighted by molar-refractivity contribution is 5.85. The zero-order valence-electron chi connectivity index (χ0n) is 12.5. The lowest BCUT2D eigenvalue weighted by atomic mass is 9.94. The average molecular weight is 328 g/mol. The minimum Gasteiger partial charge on any atom is -0.367 e. The van der Waals surface area contributed by atoms with Gasteiger partial charge in [-0.05, 0) is 5.56 Å². The molecule has 1 aromatic rings. The van der Waals surface area contributed by atoms with Gasteiger partial charge in [-0.2, -0.15) is 0 Å². The number of halogens is 1. The first-order valence-corrected chi connectivity index (χ1v) is 7.01. The van der Waals surface area contributed by atoms with Crippen LogP contribution in [0.3, 0.4) is 0 Å². The Kier molecular flexibility index (Phi) is 6.80. The molecule has 1 aromatic carbocycles. The topological polar surface area (TPSA) is 98.6 Å². The molecule has 1 heterocycles. The standard InChI is InChI=1S/C15H21N3O3.ClH/c1-10(13(16)11-5-3-2-4-6-11)15(20)18-7-8-21-12(9-18)14(17)19;/h2-6,10,12-13H,7-9,16H2,1H3,(H2,17,19);1H. The van der Waals surface area contributed by atoms with Crippen molar-refractivity contribution in [2.75, 3.05) is 19.7 Å². The van der Waals surface area contributed by atoms with Crippen molar-refractivity contribution in [2.45, 2.75) is 19.1 Å². The Morgan fingerprint density at radius 3 is 2.55 bits per heavy atom. The van der Waals surface area contributed by atoms with E-state index in [1.165, 1.54) is 0 Å². The molecule has 0 radical (unpaired) electrons. The van der Waals surface area contributed by atoms with Crippen LogP contribution in [-0.4, -0.2) is 42.5 Å². The number of carbonyl (C=O) groups is 2. The van der Waals surface area contributed by atoms with E-state index in [4.69, 9.17) is 16.2 Å². The first-order chi connectivity index (χ1) is 10.0. The minimum absolute atomic E-state index is 0. The van der Waals surface area contributed by atoms with Crippen molar-refractivity contribution in [2.24, 2.45) is 17.4 Å². The third-order valence-electron chi connectivity index (χ3n) is 3.81. The van der Waals surface area contributed by atoms with Gasteiger partial charge in [-0.15, -0.1) is 12.4 Å². The summed E-state index contributed by atoms with van der Waals surface area (Å²) in [4.78, 5) is 25.3. The summed E-state index contributed by atoms with van der Waals surface area (Å²) in [6.07, 6.45) is -0.733. The van der Waals surface area contributed by atoms with Gasteiger partial charge in [0.1, 0.15) is 0 Å². The molecule has 7 heteroatoms. The van der Waals surface area contributed by atoms with Crippen LogP contribution in [0.5, 0.6) is 0 Å². The number of benzene rings is 1. The molecule has 0 saturated carbocycles. The van der Waals surface area contributed by atoms with Gasteiger partial charge < -0.3 is 21.1 Å². The maximum Gasteiger partial charge on any atom is 0.248 e. The zero-order valence-corrected chi connectivity index (χ0v) is 13.3. The first kappa shape index (κ1) is 18.4. The second-order valence-corrected chi connectivity index (χ2v) is 5.27. The summed E-state index contributed by atoms with van der Waals surface area (Å²) in [7, 11) is 0. The highest BCUT2D eigenvalue weighted by atomic mass is 35.5. The van der Waals surface area contributed by atoms with Crippen LogP contribution in [0.4, 0.5) is 0 Å². The van der Waals surface area contributed by atoms with Gasteiger partial charge in [0.2, 0.25) is 11.8 Å². The quantitative estimate of drug-likeness (QED) is 0.839. The summed E-state index contributed by atoms with van der Waals surface area (Å²) < 4.78 is 5.24. The van der Waals surface area contributed by atoms with Crippen molar-refractivity contribution in [1.29, 1.82) is 0 Å². The van der Waals surface area contributed by atoms with E-state index in [2.05, 4.69) is 0 Å². The predicted molar refractivity (Wildman–Crippen MR) is 85.3 cm³/mol. The van der Waals surface area contributed by atoms with Crippen molar-refractivity contribution in [3.63, 3.8) is 0 Å². The molecule has 0 spiro atoms. The van der Waals surface area contributed by atoms with E-state index < -0.39 is 12.0 Å². The Morgan fingerprint density at radius 2 is 1.95 bits per heavy atom. The Bertz CT molecular complexity index is 512. The number of morpholine rings is 1. The molecule has 22 heavy (non-hydrogen) atoms. The van der Waals surface area contributed by atoms with E-state index in [0.717, 1.165) is 5.56 Å². The maximum atomic E-state index is 12.5. The number of nitrogens with two attached hydrogens (primary N) is 2. The molecule has 3 unspecified atom stereocenters. The van der Waals surface area contributed by atoms with Crippen molar-refractivity contribution in [3.05, 3.63) is 35.9 Å². The third kappa shape index (κ3) is 4.19. The highest BCUT2D eigenvalue weighted by Gasteiger charge is 2.32. The molecule has 122 valence electrons. The van der Waals surface area contributed by atoms with Crippen LogP contribution in [0.25, 0.3) is 0 Å². The molecule has 4 N–H and O–H groups in total. The molecule has 6 nitrogen and oxygen atoms in total. The lowest BCUT2D eigenvalue weighted by Gasteiger charge is -2.34. The number of amides is 2. The largest absolute Gasteiger partial charge is 0.367 e. The Labute approximate surface area is 136 Å². The highest BCUT2D eigenvalue weighted by Crippen LogP contribution is 2.22. The van der Waals surface area contributed by atoms with Gasteiger partial charge >= 0.3 is 0 Å².